The van der Waals surface area contributed by atoms with E-state index in [0.29, 0.717) is 13.0 Å². The fourth-order valence-corrected chi connectivity index (χ4v) is 8.68. The second kappa shape index (κ2) is 17.8. The van der Waals surface area contributed by atoms with Gasteiger partial charge in [0, 0.05) is 38.1 Å². The minimum atomic E-state index is -1.76. The highest BCUT2D eigenvalue weighted by Gasteiger charge is 2.52. The Kier molecular flexibility index (Phi) is 15.6. The van der Waals surface area contributed by atoms with Crippen LogP contribution in [0.2, 0.25) is 0 Å². The molecule has 0 unspecified atom stereocenters. The average Bonchev–Trinajstić information content (AvgIpc) is 3.06. The Hall–Kier alpha value is -1.01. The van der Waals surface area contributed by atoms with Crippen molar-refractivity contribution in [2.45, 2.75) is 185 Å². The van der Waals surface area contributed by atoms with Gasteiger partial charge < -0.3 is 64.4 Å². The van der Waals surface area contributed by atoms with E-state index in [4.69, 9.17) is 34.2 Å². The molecular formula is C38H73N3O11. The molecule has 3 saturated heterocycles. The third-order valence-electron chi connectivity index (χ3n) is 12.4. The minimum absolute atomic E-state index is 0.212. The summed E-state index contributed by atoms with van der Waals surface area (Å²) >= 11 is 0. The molecule has 0 amide bonds. The molecular weight excluding hydrogens is 674 g/mol. The quantitative estimate of drug-likeness (QED) is 0.238. The van der Waals surface area contributed by atoms with Crippen LogP contribution in [0.3, 0.4) is 0 Å². The summed E-state index contributed by atoms with van der Waals surface area (Å²) in [7, 11) is 7.27. The van der Waals surface area contributed by atoms with Gasteiger partial charge in [0.25, 0.3) is 0 Å². The molecule has 306 valence electrons. The number of carbonyl (C=O) groups is 1. The number of aliphatic hydroxyl groups excluding tert-OH is 2. The van der Waals surface area contributed by atoms with Crippen molar-refractivity contribution in [1.29, 1.82) is 0 Å². The maximum absolute atomic E-state index is 14.2. The van der Waals surface area contributed by atoms with Crippen LogP contribution in [0, 0.1) is 17.8 Å². The number of rotatable bonds is 7. The van der Waals surface area contributed by atoms with Crippen LogP contribution in [-0.4, -0.2) is 161 Å². The van der Waals surface area contributed by atoms with Crippen molar-refractivity contribution in [2.24, 2.45) is 23.5 Å². The first-order chi connectivity index (χ1) is 23.9. The van der Waals surface area contributed by atoms with Crippen LogP contribution in [0.4, 0.5) is 0 Å². The van der Waals surface area contributed by atoms with Gasteiger partial charge in [-0.3, -0.25) is 4.79 Å². The van der Waals surface area contributed by atoms with Crippen LogP contribution in [0.1, 0.15) is 94.9 Å². The third kappa shape index (κ3) is 10.0. The van der Waals surface area contributed by atoms with Crippen LogP contribution in [0.25, 0.3) is 0 Å². The maximum atomic E-state index is 14.2. The van der Waals surface area contributed by atoms with E-state index in [1.54, 1.807) is 27.9 Å². The Bertz CT molecular complexity index is 1150. The number of likely N-dealkylation sites (N-methyl/N-ethyl adjacent to an activating group) is 1. The molecule has 3 heterocycles. The Balaban J connectivity index is 2.18. The van der Waals surface area contributed by atoms with E-state index < -0.39 is 95.8 Å². The Morgan fingerprint density at radius 1 is 1.00 bits per heavy atom. The molecule has 6 N–H and O–H groups in total. The van der Waals surface area contributed by atoms with E-state index in [9.17, 15) is 25.2 Å². The van der Waals surface area contributed by atoms with Gasteiger partial charge in [0.15, 0.2) is 12.6 Å². The number of ether oxygens (including phenoxy) is 6. The molecule has 52 heavy (non-hydrogen) atoms. The lowest BCUT2D eigenvalue weighted by Gasteiger charge is -2.49. The number of carbonyl (C=O) groups excluding carboxylic acids is 1. The second-order valence-electron chi connectivity index (χ2n) is 17.2. The van der Waals surface area contributed by atoms with Gasteiger partial charge in [-0.05, 0) is 94.8 Å². The zero-order valence-electron chi connectivity index (χ0n) is 34.3. The van der Waals surface area contributed by atoms with Crippen molar-refractivity contribution in [3.63, 3.8) is 0 Å². The van der Waals surface area contributed by atoms with E-state index in [1.807, 2.05) is 72.5 Å². The molecule has 3 aliphatic rings. The summed E-state index contributed by atoms with van der Waals surface area (Å²) in [5.41, 5.74) is 2.37. The summed E-state index contributed by atoms with van der Waals surface area (Å²) in [5.74, 6) is -2.78. The molecule has 0 spiro atoms. The Morgan fingerprint density at radius 3 is 2.17 bits per heavy atom. The van der Waals surface area contributed by atoms with Crippen molar-refractivity contribution in [3.05, 3.63) is 0 Å². The van der Waals surface area contributed by atoms with Gasteiger partial charge in [-0.2, -0.15) is 0 Å². The van der Waals surface area contributed by atoms with E-state index in [2.05, 4.69) is 0 Å². The minimum Gasteiger partial charge on any atom is -0.459 e. The van der Waals surface area contributed by atoms with E-state index >= 15 is 0 Å². The molecule has 14 nitrogen and oxygen atoms in total. The largest absolute Gasteiger partial charge is 0.459 e. The van der Waals surface area contributed by atoms with Crippen LogP contribution in [0.15, 0.2) is 0 Å². The number of methoxy groups -OCH3 is 1. The zero-order valence-corrected chi connectivity index (χ0v) is 34.3. The van der Waals surface area contributed by atoms with Gasteiger partial charge in [-0.15, -0.1) is 0 Å². The highest BCUT2D eigenvalue weighted by atomic mass is 16.7. The van der Waals surface area contributed by atoms with Crippen LogP contribution < -0.4 is 5.73 Å². The summed E-state index contributed by atoms with van der Waals surface area (Å²) in [5, 5.41) is 47.2. The Morgan fingerprint density at radius 2 is 1.62 bits per heavy atom. The number of aliphatic hydroxyl groups is 4. The molecule has 0 aromatic heterocycles. The lowest BCUT2D eigenvalue weighted by atomic mass is 9.78. The molecule has 0 radical (unpaired) electrons. The average molecular weight is 748 g/mol. The highest BCUT2D eigenvalue weighted by molar-refractivity contribution is 5.73. The first kappa shape index (κ1) is 45.4. The van der Waals surface area contributed by atoms with Crippen molar-refractivity contribution in [3.8, 4) is 0 Å². The molecule has 0 aromatic rings. The summed E-state index contributed by atoms with van der Waals surface area (Å²) < 4.78 is 37.9. The lowest BCUT2D eigenvalue weighted by Crippen LogP contribution is -2.62. The van der Waals surface area contributed by atoms with Crippen molar-refractivity contribution in [1.82, 2.24) is 9.80 Å². The summed E-state index contributed by atoms with van der Waals surface area (Å²) in [6.07, 6.45) is -6.65. The van der Waals surface area contributed by atoms with Gasteiger partial charge in [-0.1, -0.05) is 20.8 Å². The predicted molar refractivity (Wildman–Crippen MR) is 196 cm³/mol. The van der Waals surface area contributed by atoms with Gasteiger partial charge in [0.2, 0.25) is 0 Å². The normalized spacial score (nSPS) is 49.6. The molecule has 0 aromatic carbocycles. The molecule has 14 heteroatoms. The SMILES string of the molecule is CC[C@H]1OC(=O)[C@H](C)[C@@H](O[C@H]2C[C@@](C)(OC)[C@@H](N)[C@H](C)O2)[C@H](C)[C@@H](O[C@@H]2O[C@H](C)C[C@H](N(C)C)[C@H]2O)[C@](C)(O)C[C@@H](C)N(C)C[C@H](C)[C@@H](O)[C@]1(C)O. The van der Waals surface area contributed by atoms with Crippen LogP contribution in [-0.2, 0) is 33.2 Å². The van der Waals surface area contributed by atoms with Crippen molar-refractivity contribution in [2.75, 3.05) is 34.8 Å². The molecule has 0 aliphatic carbocycles. The number of hydrogen-bond donors (Lipinski definition) is 5. The maximum Gasteiger partial charge on any atom is 0.311 e. The predicted octanol–water partition coefficient (Wildman–Crippen LogP) is 1.87. The number of esters is 1. The van der Waals surface area contributed by atoms with Gasteiger partial charge >= 0.3 is 5.97 Å². The molecule has 18 atom stereocenters. The van der Waals surface area contributed by atoms with Gasteiger partial charge in [-0.25, -0.2) is 0 Å². The summed E-state index contributed by atoms with van der Waals surface area (Å²) in [6.45, 7) is 18.3. The highest BCUT2D eigenvalue weighted by Crippen LogP contribution is 2.39. The van der Waals surface area contributed by atoms with E-state index in [-0.39, 0.29) is 37.5 Å². The molecule has 0 saturated carbocycles. The van der Waals surface area contributed by atoms with E-state index in [1.165, 1.54) is 6.92 Å². The number of hydrogen-bond acceptors (Lipinski definition) is 14. The number of nitrogens with zero attached hydrogens (tertiary/aromatic N) is 2. The van der Waals surface area contributed by atoms with Crippen molar-refractivity contribution < 1.29 is 53.6 Å². The lowest BCUT2D eigenvalue weighted by molar-refractivity contribution is -0.311. The smallest absolute Gasteiger partial charge is 0.311 e. The van der Waals surface area contributed by atoms with Crippen molar-refractivity contribution >= 4 is 5.97 Å². The standard InChI is InChI=1S/C38H73N3O11/c1-15-27-38(10,46)32(43)20(2)19-41(13)21(3)17-36(8,45)33(52-35-29(42)26(40(11)12)16-22(4)48-35)23(5)30(24(6)34(44)50-27)51-28-18-37(9,47-14)31(39)25(7)49-28/h20-33,35,42-43,45-46H,15-19,39H2,1-14H3/t20-,21+,22+,23-,24+,25-,26-,27+,28-,29+,30-,31-,32+,33+,35-,36+,37+,38+/m0/s1. The third-order valence-corrected chi connectivity index (χ3v) is 12.4. The molecule has 0 bridgehead atoms. The fourth-order valence-electron chi connectivity index (χ4n) is 8.68. The summed E-state index contributed by atoms with van der Waals surface area (Å²) in [4.78, 5) is 18.2. The van der Waals surface area contributed by atoms with E-state index in [0.717, 1.165) is 0 Å². The van der Waals surface area contributed by atoms with Gasteiger partial charge in [0.05, 0.1) is 53.7 Å². The first-order valence-electron chi connectivity index (χ1n) is 19.2. The molecule has 3 fully saturated rings. The second-order valence-corrected chi connectivity index (χ2v) is 17.2. The molecule has 3 aliphatic heterocycles. The molecule has 3 rings (SSSR count). The number of cyclic esters (lactones) is 1. The van der Waals surface area contributed by atoms with Gasteiger partial charge in [0.1, 0.15) is 17.8 Å². The fraction of sp³-hybridized carbons (Fsp3) is 0.974. The first-order valence-corrected chi connectivity index (χ1v) is 19.2. The summed E-state index contributed by atoms with van der Waals surface area (Å²) in [6, 6.07) is -0.938. The zero-order chi connectivity index (χ0) is 39.7. The number of nitrogens with two attached hydrogens (primary N) is 1. The monoisotopic (exact) mass is 748 g/mol. The van der Waals surface area contributed by atoms with Crippen LogP contribution >= 0.6 is 0 Å². The Labute approximate surface area is 312 Å². The topological polar surface area (TPSA) is 186 Å². The van der Waals surface area contributed by atoms with Crippen LogP contribution in [0.5, 0.6) is 0 Å².